The Morgan fingerprint density at radius 2 is 2.38 bits per heavy atom. The average Bonchev–Trinajstić information content (AvgIpc) is 2.16. The summed E-state index contributed by atoms with van der Waals surface area (Å²) in [4.78, 5) is 1.41. The van der Waals surface area contributed by atoms with Gasteiger partial charge in [-0.2, -0.15) is 0 Å². The molecule has 1 unspecified atom stereocenters. The average molecular weight is 193 g/mol. The van der Waals surface area contributed by atoms with E-state index in [4.69, 9.17) is 0 Å². The molecule has 0 saturated carbocycles. The van der Waals surface area contributed by atoms with Crippen molar-refractivity contribution in [3.63, 3.8) is 0 Å². The molecule has 1 nitrogen and oxygen atoms in total. The van der Waals surface area contributed by atoms with Crippen molar-refractivity contribution in [2.75, 3.05) is 11.9 Å². The van der Waals surface area contributed by atoms with Crippen LogP contribution in [-0.2, 0) is 6.42 Å². The predicted octanol–water partition coefficient (Wildman–Crippen LogP) is 3.16. The highest BCUT2D eigenvalue weighted by Crippen LogP contribution is 2.36. The first kappa shape index (κ1) is 8.95. The molecule has 13 heavy (non-hydrogen) atoms. The van der Waals surface area contributed by atoms with Gasteiger partial charge in [-0.1, -0.05) is 26.0 Å². The van der Waals surface area contributed by atoms with Crippen molar-refractivity contribution >= 4 is 17.4 Å². The molecule has 70 valence electrons. The van der Waals surface area contributed by atoms with Gasteiger partial charge in [-0.3, -0.25) is 0 Å². The van der Waals surface area contributed by atoms with Crippen LogP contribution >= 0.6 is 11.8 Å². The van der Waals surface area contributed by atoms with Crippen LogP contribution in [0.2, 0.25) is 0 Å². The van der Waals surface area contributed by atoms with Crippen LogP contribution in [0.15, 0.2) is 23.1 Å². The van der Waals surface area contributed by atoms with E-state index in [-0.39, 0.29) is 0 Å². The quantitative estimate of drug-likeness (QED) is 0.735. The molecule has 1 aromatic carbocycles. The summed E-state index contributed by atoms with van der Waals surface area (Å²) in [5, 5.41) is 4.21. The first-order valence-electron chi connectivity index (χ1n) is 4.83. The number of hydrogen-bond donors (Lipinski definition) is 1. The zero-order chi connectivity index (χ0) is 9.26. The van der Waals surface area contributed by atoms with Crippen molar-refractivity contribution in [2.24, 2.45) is 0 Å². The van der Waals surface area contributed by atoms with Crippen LogP contribution in [-0.4, -0.2) is 11.8 Å². The number of para-hydroxylation sites is 1. The molecule has 0 spiro atoms. The van der Waals surface area contributed by atoms with Gasteiger partial charge in [0.05, 0.1) is 5.69 Å². The topological polar surface area (TPSA) is 12.0 Å². The summed E-state index contributed by atoms with van der Waals surface area (Å²) in [6, 6.07) is 6.58. The number of rotatable bonds is 1. The first-order chi connectivity index (χ1) is 6.31. The summed E-state index contributed by atoms with van der Waals surface area (Å²) in [7, 11) is 0. The van der Waals surface area contributed by atoms with Crippen molar-refractivity contribution in [3.8, 4) is 0 Å². The Kier molecular flexibility index (Phi) is 2.49. The number of aryl methyl sites for hydroxylation is 1. The Bertz CT molecular complexity index is 309. The van der Waals surface area contributed by atoms with Crippen molar-refractivity contribution in [3.05, 3.63) is 23.8 Å². The van der Waals surface area contributed by atoms with Crippen LogP contribution in [0.4, 0.5) is 5.69 Å². The highest BCUT2D eigenvalue weighted by Gasteiger charge is 2.16. The smallest absolute Gasteiger partial charge is 0.0511 e. The zero-order valence-corrected chi connectivity index (χ0v) is 8.95. The van der Waals surface area contributed by atoms with Gasteiger partial charge in [0.1, 0.15) is 0 Å². The Morgan fingerprint density at radius 3 is 3.15 bits per heavy atom. The zero-order valence-electron chi connectivity index (χ0n) is 8.13. The highest BCUT2D eigenvalue weighted by molar-refractivity contribution is 8.00. The lowest BCUT2D eigenvalue weighted by molar-refractivity contribution is 0.961. The van der Waals surface area contributed by atoms with E-state index >= 15 is 0 Å². The minimum absolute atomic E-state index is 0.694. The van der Waals surface area contributed by atoms with Gasteiger partial charge in [-0.05, 0) is 18.1 Å². The second-order valence-electron chi connectivity index (χ2n) is 3.45. The van der Waals surface area contributed by atoms with Gasteiger partial charge in [-0.15, -0.1) is 11.8 Å². The highest BCUT2D eigenvalue weighted by atomic mass is 32.2. The van der Waals surface area contributed by atoms with Crippen LogP contribution < -0.4 is 5.32 Å². The van der Waals surface area contributed by atoms with Gasteiger partial charge in [0, 0.05) is 16.7 Å². The van der Waals surface area contributed by atoms with E-state index in [1.165, 1.54) is 16.1 Å². The molecule has 1 atom stereocenters. The molecule has 1 aliphatic rings. The van der Waals surface area contributed by atoms with E-state index < -0.39 is 0 Å². The number of hydrogen-bond acceptors (Lipinski definition) is 2. The molecule has 0 aromatic heterocycles. The number of fused-ring (bicyclic) bond motifs is 1. The fourth-order valence-electron chi connectivity index (χ4n) is 1.67. The maximum absolute atomic E-state index is 3.51. The predicted molar refractivity (Wildman–Crippen MR) is 59.6 cm³/mol. The van der Waals surface area contributed by atoms with E-state index in [0.717, 1.165) is 13.0 Å². The normalized spacial score (nSPS) is 20.6. The van der Waals surface area contributed by atoms with Crippen molar-refractivity contribution in [1.82, 2.24) is 0 Å². The Morgan fingerprint density at radius 1 is 1.54 bits per heavy atom. The van der Waals surface area contributed by atoms with Gasteiger partial charge < -0.3 is 5.32 Å². The summed E-state index contributed by atoms with van der Waals surface area (Å²) in [6.07, 6.45) is 1.12. The second-order valence-corrected chi connectivity index (χ2v) is 4.93. The lowest BCUT2D eigenvalue weighted by Gasteiger charge is -2.24. The fourth-order valence-corrected chi connectivity index (χ4v) is 2.75. The second kappa shape index (κ2) is 3.62. The van der Waals surface area contributed by atoms with Gasteiger partial charge >= 0.3 is 0 Å². The monoisotopic (exact) mass is 193 g/mol. The van der Waals surface area contributed by atoms with Crippen LogP contribution in [0.25, 0.3) is 0 Å². The van der Waals surface area contributed by atoms with Crippen LogP contribution in [0.3, 0.4) is 0 Å². The summed E-state index contributed by atoms with van der Waals surface area (Å²) in [5.74, 6) is 0. The van der Waals surface area contributed by atoms with Crippen LogP contribution in [0.1, 0.15) is 19.4 Å². The van der Waals surface area contributed by atoms with Crippen LogP contribution in [0, 0.1) is 0 Å². The van der Waals surface area contributed by atoms with Crippen molar-refractivity contribution in [2.45, 2.75) is 30.4 Å². The molecule has 0 saturated heterocycles. The lowest BCUT2D eigenvalue weighted by Crippen LogP contribution is -2.19. The summed E-state index contributed by atoms with van der Waals surface area (Å²) >= 11 is 1.98. The SMILES string of the molecule is CCc1cccc2c1NCC(C)S2. The maximum Gasteiger partial charge on any atom is 0.0511 e. The Balaban J connectivity index is 2.39. The van der Waals surface area contributed by atoms with E-state index in [9.17, 15) is 0 Å². The summed E-state index contributed by atoms with van der Waals surface area (Å²) in [5.41, 5.74) is 2.81. The maximum atomic E-state index is 3.51. The number of anilines is 1. The minimum atomic E-state index is 0.694. The standard InChI is InChI=1S/C11H15NS/c1-3-9-5-4-6-10-11(9)12-7-8(2)13-10/h4-6,8,12H,3,7H2,1-2H3. The third-order valence-electron chi connectivity index (χ3n) is 2.39. The largest absolute Gasteiger partial charge is 0.383 e. The molecule has 2 heteroatoms. The fraction of sp³-hybridized carbons (Fsp3) is 0.455. The first-order valence-corrected chi connectivity index (χ1v) is 5.71. The molecule has 1 heterocycles. The number of nitrogens with one attached hydrogen (secondary N) is 1. The molecule has 0 bridgehead atoms. The van der Waals surface area contributed by atoms with Gasteiger partial charge in [-0.25, -0.2) is 0 Å². The van der Waals surface area contributed by atoms with Gasteiger partial charge in [0.2, 0.25) is 0 Å². The molecule has 2 rings (SSSR count). The van der Waals surface area contributed by atoms with Crippen molar-refractivity contribution < 1.29 is 0 Å². The molecule has 1 aliphatic heterocycles. The van der Waals surface area contributed by atoms with Gasteiger partial charge in [0.15, 0.2) is 0 Å². The molecule has 0 fully saturated rings. The van der Waals surface area contributed by atoms with E-state index in [0.29, 0.717) is 5.25 Å². The van der Waals surface area contributed by atoms with Crippen molar-refractivity contribution in [1.29, 1.82) is 0 Å². The number of benzene rings is 1. The minimum Gasteiger partial charge on any atom is -0.383 e. The lowest BCUT2D eigenvalue weighted by atomic mass is 10.1. The molecular weight excluding hydrogens is 178 g/mol. The van der Waals surface area contributed by atoms with E-state index in [1.807, 2.05) is 11.8 Å². The molecule has 1 aromatic rings. The van der Waals surface area contributed by atoms with Gasteiger partial charge in [0.25, 0.3) is 0 Å². The Hall–Kier alpha value is -0.630. The third kappa shape index (κ3) is 1.68. The Labute approximate surface area is 83.9 Å². The van der Waals surface area contributed by atoms with E-state index in [1.54, 1.807) is 0 Å². The van der Waals surface area contributed by atoms with Crippen LogP contribution in [0.5, 0.6) is 0 Å². The molecule has 0 aliphatic carbocycles. The molecule has 1 N–H and O–H groups in total. The summed E-state index contributed by atoms with van der Waals surface area (Å²) < 4.78 is 0. The molecule has 0 radical (unpaired) electrons. The summed E-state index contributed by atoms with van der Waals surface area (Å²) in [6.45, 7) is 5.56. The molecular formula is C11H15NS. The number of thioether (sulfide) groups is 1. The van der Waals surface area contributed by atoms with E-state index in [2.05, 4.69) is 37.4 Å². The third-order valence-corrected chi connectivity index (χ3v) is 3.55. The molecule has 0 amide bonds.